The summed E-state index contributed by atoms with van der Waals surface area (Å²) in [6.07, 6.45) is 0. The van der Waals surface area contributed by atoms with Gasteiger partial charge in [-0.15, -0.1) is 0 Å². The summed E-state index contributed by atoms with van der Waals surface area (Å²) >= 11 is 5.21. The molecule has 0 radical (unpaired) electrons. The van der Waals surface area contributed by atoms with Gasteiger partial charge in [0.05, 0.1) is 13.1 Å². The van der Waals surface area contributed by atoms with Crippen molar-refractivity contribution >= 4 is 28.2 Å². The molecule has 62 valence electrons. The largest absolute Gasteiger partial charge is 0.276 e. The van der Waals surface area contributed by atoms with Gasteiger partial charge < -0.3 is 0 Å². The van der Waals surface area contributed by atoms with Crippen LogP contribution in [0.3, 0.4) is 0 Å². The number of hydrogen-bond acceptors (Lipinski definition) is 1. The summed E-state index contributed by atoms with van der Waals surface area (Å²) < 4.78 is 0. The molecule has 0 aliphatic rings. The molecule has 0 bridgehead atoms. The molecule has 3 nitrogen and oxygen atoms in total. The summed E-state index contributed by atoms with van der Waals surface area (Å²) in [5, 5.41) is -0.624. The van der Waals surface area contributed by atoms with Crippen LogP contribution in [0, 0.1) is 13.1 Å². The number of nitrogens with zero attached hydrogens (tertiary/aromatic N) is 2. The van der Waals surface area contributed by atoms with E-state index in [1.165, 1.54) is 18.2 Å². The third-order valence-corrected chi connectivity index (χ3v) is 1.66. The summed E-state index contributed by atoms with van der Waals surface area (Å²) in [5.74, 6) is 0. The van der Waals surface area contributed by atoms with Crippen LogP contribution < -0.4 is 0 Å². The van der Waals surface area contributed by atoms with Gasteiger partial charge in [0.15, 0.2) is 11.4 Å². The van der Waals surface area contributed by atoms with Gasteiger partial charge in [0.25, 0.3) is 5.24 Å². The van der Waals surface area contributed by atoms with Crippen molar-refractivity contribution in [2.75, 3.05) is 0 Å². The van der Waals surface area contributed by atoms with Gasteiger partial charge >= 0.3 is 0 Å². The first-order valence-electron chi connectivity index (χ1n) is 3.28. The summed E-state index contributed by atoms with van der Waals surface area (Å²) in [7, 11) is 0. The van der Waals surface area contributed by atoms with Crippen molar-refractivity contribution < 1.29 is 4.79 Å². The highest BCUT2D eigenvalue weighted by molar-refractivity contribution is 6.67. The minimum absolute atomic E-state index is 0.154. The van der Waals surface area contributed by atoms with Crippen LogP contribution in [-0.2, 0) is 0 Å². The lowest BCUT2D eigenvalue weighted by Gasteiger charge is -1.96. The normalized spacial score (nSPS) is 8.54. The van der Waals surface area contributed by atoms with Crippen LogP contribution in [0.5, 0.6) is 0 Å². The highest BCUT2D eigenvalue weighted by Crippen LogP contribution is 2.29. The molecular formula is C9H3ClN2O. The smallest absolute Gasteiger partial charge is 0.251 e. The van der Waals surface area contributed by atoms with Gasteiger partial charge in [-0.25, -0.2) is 0 Å². The SMILES string of the molecule is [C-]#[N+]c1ccc(C(=O)Cl)cc1[N+]#[C-]. The standard InChI is InChI=1S/C9H3ClN2O/c1-11-7-4-3-6(9(10)13)5-8(7)12-2/h3-5H. The minimum atomic E-state index is -0.624. The fourth-order valence-corrected chi connectivity index (χ4v) is 0.947. The molecule has 0 aliphatic heterocycles. The van der Waals surface area contributed by atoms with E-state index < -0.39 is 5.24 Å². The van der Waals surface area contributed by atoms with Gasteiger partial charge in [-0.2, -0.15) is 0 Å². The molecule has 0 aliphatic carbocycles. The predicted molar refractivity (Wildman–Crippen MR) is 49.1 cm³/mol. The maximum Gasteiger partial charge on any atom is 0.251 e. The van der Waals surface area contributed by atoms with E-state index in [1.807, 2.05) is 0 Å². The molecule has 1 aromatic rings. The molecule has 1 rings (SSSR count). The fraction of sp³-hybridized carbons (Fsp3) is 0. The molecule has 0 saturated heterocycles. The second kappa shape index (κ2) is 3.71. The van der Waals surface area contributed by atoms with Gasteiger partial charge in [0, 0.05) is 5.56 Å². The fourth-order valence-electron chi connectivity index (χ4n) is 0.830. The first-order valence-corrected chi connectivity index (χ1v) is 3.65. The van der Waals surface area contributed by atoms with Crippen molar-refractivity contribution in [2.24, 2.45) is 0 Å². The van der Waals surface area contributed by atoms with E-state index in [1.54, 1.807) is 0 Å². The second-order valence-corrected chi connectivity index (χ2v) is 2.54. The van der Waals surface area contributed by atoms with Gasteiger partial charge in [-0.1, -0.05) is 18.2 Å². The van der Waals surface area contributed by atoms with Crippen LogP contribution in [0.2, 0.25) is 0 Å². The number of benzene rings is 1. The van der Waals surface area contributed by atoms with Crippen LogP contribution >= 0.6 is 11.6 Å². The van der Waals surface area contributed by atoms with Crippen LogP contribution in [0.15, 0.2) is 18.2 Å². The Kier molecular flexibility index (Phi) is 2.64. The molecule has 0 amide bonds. The van der Waals surface area contributed by atoms with E-state index in [9.17, 15) is 4.79 Å². The molecule has 0 spiro atoms. The molecule has 1 aromatic carbocycles. The minimum Gasteiger partial charge on any atom is -0.276 e. The zero-order chi connectivity index (χ0) is 9.84. The third-order valence-electron chi connectivity index (χ3n) is 1.44. The van der Waals surface area contributed by atoms with Crippen LogP contribution in [-0.4, -0.2) is 5.24 Å². The molecule has 0 atom stereocenters. The average molecular weight is 191 g/mol. The topological polar surface area (TPSA) is 25.8 Å². The Labute approximate surface area is 80.2 Å². The van der Waals surface area contributed by atoms with Crippen molar-refractivity contribution in [1.29, 1.82) is 0 Å². The Hall–Kier alpha value is -1.84. The molecule has 0 heterocycles. The van der Waals surface area contributed by atoms with E-state index in [0.717, 1.165) is 0 Å². The Morgan fingerprint density at radius 2 is 1.85 bits per heavy atom. The van der Waals surface area contributed by atoms with Crippen molar-refractivity contribution in [1.82, 2.24) is 0 Å². The summed E-state index contributed by atoms with van der Waals surface area (Å²) in [6, 6.07) is 4.16. The highest BCUT2D eigenvalue weighted by atomic mass is 35.5. The Morgan fingerprint density at radius 1 is 1.23 bits per heavy atom. The number of rotatable bonds is 1. The molecule has 0 N–H and O–H groups in total. The second-order valence-electron chi connectivity index (χ2n) is 2.20. The molecule has 0 aromatic heterocycles. The Morgan fingerprint density at radius 3 is 2.31 bits per heavy atom. The lowest BCUT2D eigenvalue weighted by atomic mass is 10.2. The molecule has 4 heteroatoms. The highest BCUT2D eigenvalue weighted by Gasteiger charge is 2.06. The monoisotopic (exact) mass is 190 g/mol. The molecule has 0 saturated carbocycles. The Balaban J connectivity index is 3.33. The number of halogens is 1. The first-order chi connectivity index (χ1) is 6.19. The maximum atomic E-state index is 10.7. The van der Waals surface area contributed by atoms with Gasteiger partial charge in [0.1, 0.15) is 0 Å². The average Bonchev–Trinajstić information content (AvgIpc) is 2.16. The van der Waals surface area contributed by atoms with Crippen molar-refractivity contribution in [3.05, 3.63) is 46.6 Å². The zero-order valence-electron chi connectivity index (χ0n) is 6.41. The van der Waals surface area contributed by atoms with Gasteiger partial charge in [-0.3, -0.25) is 14.5 Å². The van der Waals surface area contributed by atoms with E-state index in [4.69, 9.17) is 24.7 Å². The lowest BCUT2D eigenvalue weighted by Crippen LogP contribution is -1.86. The van der Waals surface area contributed by atoms with Crippen molar-refractivity contribution in [3.63, 3.8) is 0 Å². The summed E-state index contributed by atoms with van der Waals surface area (Å²) in [4.78, 5) is 16.9. The molecule has 13 heavy (non-hydrogen) atoms. The lowest BCUT2D eigenvalue weighted by molar-refractivity contribution is 0.108. The number of hydrogen-bond donors (Lipinski definition) is 0. The Bertz CT molecular complexity index is 440. The third kappa shape index (κ3) is 1.84. The van der Waals surface area contributed by atoms with Crippen molar-refractivity contribution in [3.8, 4) is 0 Å². The number of carbonyl (C=O) groups excluding carboxylic acids is 1. The summed E-state index contributed by atoms with van der Waals surface area (Å²) in [6.45, 7) is 13.5. The molecule has 0 fully saturated rings. The summed E-state index contributed by atoms with van der Waals surface area (Å²) in [5.41, 5.74) is 0.623. The van der Waals surface area contributed by atoms with E-state index in [0.29, 0.717) is 0 Å². The van der Waals surface area contributed by atoms with Crippen molar-refractivity contribution in [2.45, 2.75) is 0 Å². The number of carbonyl (C=O) groups is 1. The predicted octanol–water partition coefficient (Wildman–Crippen LogP) is 3.17. The van der Waals surface area contributed by atoms with E-state index in [-0.39, 0.29) is 16.9 Å². The van der Waals surface area contributed by atoms with Crippen LogP contribution in [0.1, 0.15) is 10.4 Å². The maximum absolute atomic E-state index is 10.7. The molecular weight excluding hydrogens is 188 g/mol. The van der Waals surface area contributed by atoms with Gasteiger partial charge in [0.2, 0.25) is 0 Å². The van der Waals surface area contributed by atoms with E-state index in [2.05, 4.69) is 9.69 Å². The van der Waals surface area contributed by atoms with Crippen LogP contribution in [0.25, 0.3) is 9.69 Å². The molecule has 0 unspecified atom stereocenters. The zero-order valence-corrected chi connectivity index (χ0v) is 7.17. The van der Waals surface area contributed by atoms with Gasteiger partial charge in [-0.05, 0) is 11.6 Å². The van der Waals surface area contributed by atoms with E-state index >= 15 is 0 Å². The quantitative estimate of drug-likeness (QED) is 0.493. The van der Waals surface area contributed by atoms with Crippen LogP contribution in [0.4, 0.5) is 11.4 Å². The first kappa shape index (κ1) is 9.25.